The van der Waals surface area contributed by atoms with E-state index in [0.29, 0.717) is 23.1 Å². The smallest absolute Gasteiger partial charge is 0.272 e. The summed E-state index contributed by atoms with van der Waals surface area (Å²) in [5, 5.41) is 10.8. The van der Waals surface area contributed by atoms with E-state index < -0.39 is 4.92 Å². The van der Waals surface area contributed by atoms with Crippen LogP contribution in [-0.2, 0) is 6.61 Å². The van der Waals surface area contributed by atoms with Gasteiger partial charge in [0, 0.05) is 25.7 Å². The molecule has 0 aliphatic rings. The van der Waals surface area contributed by atoms with Gasteiger partial charge in [0.05, 0.1) is 4.92 Å². The SMILES string of the molecule is Cc1cc(OCc2nc(N)nc(N(C)C)n2)ccc1[N+](=O)[O-]. The summed E-state index contributed by atoms with van der Waals surface area (Å²) in [6, 6.07) is 4.52. The van der Waals surface area contributed by atoms with Gasteiger partial charge in [-0.05, 0) is 19.1 Å². The molecule has 22 heavy (non-hydrogen) atoms. The summed E-state index contributed by atoms with van der Waals surface area (Å²) >= 11 is 0. The van der Waals surface area contributed by atoms with Crippen LogP contribution in [0.15, 0.2) is 18.2 Å². The van der Waals surface area contributed by atoms with Gasteiger partial charge in [-0.1, -0.05) is 0 Å². The van der Waals surface area contributed by atoms with Crippen LogP contribution in [0.4, 0.5) is 17.6 Å². The molecule has 2 aromatic rings. The summed E-state index contributed by atoms with van der Waals surface area (Å²) < 4.78 is 5.55. The van der Waals surface area contributed by atoms with Crippen molar-refractivity contribution in [1.29, 1.82) is 0 Å². The van der Waals surface area contributed by atoms with Crippen LogP contribution in [0, 0.1) is 17.0 Å². The molecule has 0 bridgehead atoms. The molecule has 0 aliphatic heterocycles. The van der Waals surface area contributed by atoms with Crippen molar-refractivity contribution in [1.82, 2.24) is 15.0 Å². The van der Waals surface area contributed by atoms with Crippen molar-refractivity contribution >= 4 is 17.6 Å². The Morgan fingerprint density at radius 1 is 1.32 bits per heavy atom. The fourth-order valence-electron chi connectivity index (χ4n) is 1.76. The molecular weight excluding hydrogens is 288 g/mol. The summed E-state index contributed by atoms with van der Waals surface area (Å²) in [5.74, 6) is 1.42. The van der Waals surface area contributed by atoms with Gasteiger partial charge in [0.25, 0.3) is 5.69 Å². The lowest BCUT2D eigenvalue weighted by molar-refractivity contribution is -0.385. The number of ether oxygens (including phenoxy) is 1. The van der Waals surface area contributed by atoms with Gasteiger partial charge in [0.15, 0.2) is 5.82 Å². The third-order valence-electron chi connectivity index (χ3n) is 2.82. The lowest BCUT2D eigenvalue weighted by Gasteiger charge is -2.12. The van der Waals surface area contributed by atoms with Crippen LogP contribution in [-0.4, -0.2) is 34.0 Å². The molecule has 0 fully saturated rings. The number of nitrogens with two attached hydrogens (primary N) is 1. The molecule has 0 amide bonds. The maximum absolute atomic E-state index is 10.8. The van der Waals surface area contributed by atoms with E-state index in [2.05, 4.69) is 15.0 Å². The molecule has 2 rings (SSSR count). The predicted octanol–water partition coefficient (Wildman–Crippen LogP) is 1.32. The second-order valence-electron chi connectivity index (χ2n) is 4.80. The maximum Gasteiger partial charge on any atom is 0.272 e. The maximum atomic E-state index is 10.8. The van der Waals surface area contributed by atoms with Crippen molar-refractivity contribution in [3.8, 4) is 5.75 Å². The van der Waals surface area contributed by atoms with Gasteiger partial charge in [0.1, 0.15) is 12.4 Å². The summed E-state index contributed by atoms with van der Waals surface area (Å²) in [4.78, 5) is 24.2. The van der Waals surface area contributed by atoms with Crippen LogP contribution < -0.4 is 15.4 Å². The Kier molecular flexibility index (Phi) is 4.35. The van der Waals surface area contributed by atoms with Gasteiger partial charge in [-0.15, -0.1) is 0 Å². The third-order valence-corrected chi connectivity index (χ3v) is 2.82. The zero-order valence-corrected chi connectivity index (χ0v) is 12.5. The number of benzene rings is 1. The van der Waals surface area contributed by atoms with Crippen molar-refractivity contribution in [3.63, 3.8) is 0 Å². The van der Waals surface area contributed by atoms with E-state index in [4.69, 9.17) is 10.5 Å². The lowest BCUT2D eigenvalue weighted by atomic mass is 10.2. The lowest BCUT2D eigenvalue weighted by Crippen LogP contribution is -2.16. The van der Waals surface area contributed by atoms with Crippen LogP contribution in [0.3, 0.4) is 0 Å². The molecule has 0 saturated carbocycles. The number of aromatic nitrogens is 3. The van der Waals surface area contributed by atoms with E-state index in [1.54, 1.807) is 32.0 Å². The van der Waals surface area contributed by atoms with E-state index in [9.17, 15) is 10.1 Å². The molecule has 2 N–H and O–H groups in total. The van der Waals surface area contributed by atoms with Crippen LogP contribution >= 0.6 is 0 Å². The van der Waals surface area contributed by atoms with Gasteiger partial charge in [-0.25, -0.2) is 0 Å². The average molecular weight is 304 g/mol. The molecule has 0 atom stereocenters. The highest BCUT2D eigenvalue weighted by Crippen LogP contribution is 2.23. The first-order chi connectivity index (χ1) is 10.4. The second kappa shape index (κ2) is 6.20. The summed E-state index contributed by atoms with van der Waals surface area (Å²) in [5.41, 5.74) is 6.19. The van der Waals surface area contributed by atoms with Crippen LogP contribution in [0.25, 0.3) is 0 Å². The topological polar surface area (TPSA) is 120 Å². The predicted molar refractivity (Wildman–Crippen MR) is 80.7 cm³/mol. The van der Waals surface area contributed by atoms with Gasteiger partial charge >= 0.3 is 0 Å². The standard InChI is InChI=1S/C13H16N6O3/c1-8-6-9(4-5-10(8)19(20)21)22-7-11-15-12(14)17-13(16-11)18(2)3/h4-6H,7H2,1-3H3,(H2,14,15,16,17). The molecule has 1 aromatic carbocycles. The van der Waals surface area contributed by atoms with E-state index in [1.807, 2.05) is 0 Å². The number of rotatable bonds is 5. The first-order valence-electron chi connectivity index (χ1n) is 6.42. The van der Waals surface area contributed by atoms with E-state index >= 15 is 0 Å². The fourth-order valence-corrected chi connectivity index (χ4v) is 1.76. The Hall–Kier alpha value is -2.97. The van der Waals surface area contributed by atoms with Crippen molar-refractivity contribution in [2.75, 3.05) is 24.7 Å². The second-order valence-corrected chi connectivity index (χ2v) is 4.80. The molecule has 9 nitrogen and oxygen atoms in total. The van der Waals surface area contributed by atoms with Gasteiger partial charge < -0.3 is 15.4 Å². The number of aryl methyl sites for hydroxylation is 1. The van der Waals surface area contributed by atoms with Crippen molar-refractivity contribution in [2.45, 2.75) is 13.5 Å². The number of nitrogens with zero attached hydrogens (tertiary/aromatic N) is 5. The quantitative estimate of drug-likeness (QED) is 0.648. The minimum atomic E-state index is -0.435. The van der Waals surface area contributed by atoms with Gasteiger partial charge in [-0.3, -0.25) is 10.1 Å². The number of hydrogen-bond donors (Lipinski definition) is 1. The molecule has 116 valence electrons. The van der Waals surface area contributed by atoms with E-state index in [-0.39, 0.29) is 18.2 Å². The monoisotopic (exact) mass is 304 g/mol. The minimum absolute atomic E-state index is 0.0478. The molecule has 9 heteroatoms. The Morgan fingerprint density at radius 3 is 2.64 bits per heavy atom. The van der Waals surface area contributed by atoms with Crippen molar-refractivity contribution in [2.24, 2.45) is 0 Å². The zero-order chi connectivity index (χ0) is 16.3. The zero-order valence-electron chi connectivity index (χ0n) is 12.5. The molecule has 1 heterocycles. The Labute approximate surface area is 126 Å². The van der Waals surface area contributed by atoms with E-state index in [0.717, 1.165) is 0 Å². The first kappa shape index (κ1) is 15.4. The summed E-state index contributed by atoms with van der Waals surface area (Å²) in [7, 11) is 3.58. The number of nitro groups is 1. The Bertz CT molecular complexity index is 704. The number of hydrogen-bond acceptors (Lipinski definition) is 8. The van der Waals surface area contributed by atoms with Crippen LogP contribution in [0.1, 0.15) is 11.4 Å². The largest absolute Gasteiger partial charge is 0.486 e. The molecule has 0 saturated heterocycles. The van der Waals surface area contributed by atoms with Crippen LogP contribution in [0.5, 0.6) is 5.75 Å². The Balaban J connectivity index is 2.13. The molecule has 0 aliphatic carbocycles. The van der Waals surface area contributed by atoms with Crippen molar-refractivity contribution in [3.05, 3.63) is 39.7 Å². The first-order valence-corrected chi connectivity index (χ1v) is 6.42. The van der Waals surface area contributed by atoms with E-state index in [1.165, 1.54) is 12.1 Å². The molecule has 0 unspecified atom stereocenters. The van der Waals surface area contributed by atoms with Crippen molar-refractivity contribution < 1.29 is 9.66 Å². The van der Waals surface area contributed by atoms with Gasteiger partial charge in [-0.2, -0.15) is 15.0 Å². The highest BCUT2D eigenvalue weighted by molar-refractivity contribution is 5.44. The third kappa shape index (κ3) is 3.57. The number of anilines is 2. The number of nitrogen functional groups attached to an aromatic ring is 1. The minimum Gasteiger partial charge on any atom is -0.486 e. The summed E-state index contributed by atoms with van der Waals surface area (Å²) in [6.07, 6.45) is 0. The summed E-state index contributed by atoms with van der Waals surface area (Å²) in [6.45, 7) is 1.74. The van der Waals surface area contributed by atoms with Crippen LogP contribution in [0.2, 0.25) is 0 Å². The van der Waals surface area contributed by atoms with Gasteiger partial charge in [0.2, 0.25) is 11.9 Å². The molecule has 1 aromatic heterocycles. The fraction of sp³-hybridized carbons (Fsp3) is 0.308. The normalized spacial score (nSPS) is 10.3. The molecule has 0 radical (unpaired) electrons. The molecular formula is C13H16N6O3. The Morgan fingerprint density at radius 2 is 2.05 bits per heavy atom. The number of nitro benzene ring substituents is 1. The average Bonchev–Trinajstić information content (AvgIpc) is 2.44. The molecule has 0 spiro atoms. The highest BCUT2D eigenvalue weighted by Gasteiger charge is 2.11. The highest BCUT2D eigenvalue weighted by atomic mass is 16.6.